The van der Waals surface area contributed by atoms with Crippen molar-refractivity contribution in [2.24, 2.45) is 5.92 Å². The van der Waals surface area contributed by atoms with Crippen LogP contribution in [0.5, 0.6) is 0 Å². The van der Waals surface area contributed by atoms with Crippen molar-refractivity contribution < 1.29 is 9.21 Å². The van der Waals surface area contributed by atoms with E-state index in [1.807, 2.05) is 31.2 Å². The Labute approximate surface area is 164 Å². The molecule has 0 saturated heterocycles. The van der Waals surface area contributed by atoms with Gasteiger partial charge in [0.25, 0.3) is 0 Å². The molecule has 4 nitrogen and oxygen atoms in total. The lowest BCUT2D eigenvalue weighted by Gasteiger charge is -2.29. The molecule has 0 unspecified atom stereocenters. The highest BCUT2D eigenvalue weighted by molar-refractivity contribution is 7.99. The Kier molecular flexibility index (Phi) is 6.65. The first-order chi connectivity index (χ1) is 12.5. The first kappa shape index (κ1) is 19.3. The largest absolute Gasteiger partial charge is 0.441 e. The summed E-state index contributed by atoms with van der Waals surface area (Å²) >= 11 is 7.78. The second kappa shape index (κ2) is 8.96. The number of carbonyl (C=O) groups is 1. The molecule has 2 atom stereocenters. The molecular weight excluding hydrogens is 368 g/mol. The Hall–Kier alpha value is -1.46. The third-order valence-corrected chi connectivity index (χ3v) is 6.20. The van der Waals surface area contributed by atoms with Crippen LogP contribution in [0.4, 0.5) is 0 Å². The van der Waals surface area contributed by atoms with Crippen molar-refractivity contribution in [1.82, 2.24) is 10.3 Å². The Bertz CT molecular complexity index is 762. The zero-order valence-corrected chi connectivity index (χ0v) is 16.8. The summed E-state index contributed by atoms with van der Waals surface area (Å²) in [6, 6.07) is 7.83. The number of rotatable bonds is 6. The fourth-order valence-corrected chi connectivity index (χ4v) is 4.38. The zero-order chi connectivity index (χ0) is 18.5. The normalized spacial score (nSPS) is 20.1. The number of amides is 1. The molecule has 0 spiro atoms. The van der Waals surface area contributed by atoms with Gasteiger partial charge in [-0.25, -0.2) is 4.98 Å². The lowest BCUT2D eigenvalue weighted by molar-refractivity contribution is -0.119. The molecule has 3 rings (SSSR count). The van der Waals surface area contributed by atoms with E-state index in [9.17, 15) is 4.79 Å². The van der Waals surface area contributed by atoms with Crippen molar-refractivity contribution in [1.29, 1.82) is 0 Å². The summed E-state index contributed by atoms with van der Waals surface area (Å²) in [7, 11) is 0. The zero-order valence-electron chi connectivity index (χ0n) is 15.3. The summed E-state index contributed by atoms with van der Waals surface area (Å²) in [5, 5.41) is 3.81. The number of hydrogen-bond acceptors (Lipinski definition) is 4. The molecule has 6 heteroatoms. The maximum atomic E-state index is 12.2. The molecule has 140 valence electrons. The molecule has 1 heterocycles. The van der Waals surface area contributed by atoms with Gasteiger partial charge in [0.2, 0.25) is 11.8 Å². The van der Waals surface area contributed by atoms with E-state index in [0.717, 1.165) is 23.4 Å². The number of thioether (sulfide) groups is 1. The quantitative estimate of drug-likeness (QED) is 0.731. The summed E-state index contributed by atoms with van der Waals surface area (Å²) in [5.74, 6) is 3.08. The Balaban J connectivity index is 1.52. The van der Waals surface area contributed by atoms with Crippen molar-refractivity contribution in [3.63, 3.8) is 0 Å². The highest BCUT2D eigenvalue weighted by Crippen LogP contribution is 2.29. The van der Waals surface area contributed by atoms with Crippen molar-refractivity contribution in [2.45, 2.75) is 51.3 Å². The van der Waals surface area contributed by atoms with Gasteiger partial charge in [-0.1, -0.05) is 43.5 Å². The number of aryl methyl sites for hydroxylation is 1. The van der Waals surface area contributed by atoms with Gasteiger partial charge in [-0.3, -0.25) is 4.79 Å². The van der Waals surface area contributed by atoms with Gasteiger partial charge < -0.3 is 9.73 Å². The van der Waals surface area contributed by atoms with Crippen LogP contribution in [0.3, 0.4) is 0 Å². The van der Waals surface area contributed by atoms with Crippen molar-refractivity contribution in [3.05, 3.63) is 40.7 Å². The van der Waals surface area contributed by atoms with Crippen LogP contribution in [0, 0.1) is 12.8 Å². The van der Waals surface area contributed by atoms with E-state index in [1.54, 1.807) is 11.8 Å². The van der Waals surface area contributed by atoms with Crippen LogP contribution in [0.1, 0.15) is 44.1 Å². The van der Waals surface area contributed by atoms with E-state index >= 15 is 0 Å². The molecule has 1 aromatic heterocycles. The first-order valence-corrected chi connectivity index (χ1v) is 10.7. The number of hydrogen-bond donors (Lipinski definition) is 1. The van der Waals surface area contributed by atoms with Crippen molar-refractivity contribution >= 4 is 29.3 Å². The van der Waals surface area contributed by atoms with Gasteiger partial charge in [0.1, 0.15) is 5.76 Å². The Morgan fingerprint density at radius 2 is 2.12 bits per heavy atom. The second-order valence-corrected chi connectivity index (χ2v) is 8.32. The highest BCUT2D eigenvalue weighted by atomic mass is 35.5. The molecule has 26 heavy (non-hydrogen) atoms. The van der Waals surface area contributed by atoms with E-state index in [2.05, 4.69) is 17.2 Å². The molecule has 1 N–H and O–H groups in total. The van der Waals surface area contributed by atoms with Crippen LogP contribution >= 0.6 is 23.4 Å². The van der Waals surface area contributed by atoms with Crippen LogP contribution in [0.15, 0.2) is 28.7 Å². The van der Waals surface area contributed by atoms with Crippen LogP contribution in [-0.2, 0) is 10.5 Å². The SMILES string of the molecule is Cc1oc(-c2ccccc2Cl)nc1CSCC(=O)N[C@H]1CCCC[C@@H]1C. The lowest BCUT2D eigenvalue weighted by Crippen LogP contribution is -2.41. The minimum atomic E-state index is 0.112. The molecular formula is C20H25ClN2O2S. The molecule has 1 fully saturated rings. The van der Waals surface area contributed by atoms with Gasteiger partial charge in [-0.15, -0.1) is 11.8 Å². The summed E-state index contributed by atoms with van der Waals surface area (Å²) in [6.07, 6.45) is 4.80. The standard InChI is InChI=1S/C20H25ClN2O2S/c1-13-7-3-6-10-17(13)22-19(24)12-26-11-18-14(2)25-20(23-18)15-8-4-5-9-16(15)21/h4-5,8-9,13,17H,3,6-7,10-12H2,1-2H3,(H,22,24)/t13-,17-/m0/s1. The minimum Gasteiger partial charge on any atom is -0.441 e. The van der Waals surface area contributed by atoms with E-state index in [0.29, 0.717) is 34.4 Å². The molecule has 0 bridgehead atoms. The van der Waals surface area contributed by atoms with E-state index in [-0.39, 0.29) is 5.91 Å². The van der Waals surface area contributed by atoms with Crippen molar-refractivity contribution in [2.75, 3.05) is 5.75 Å². The number of nitrogens with one attached hydrogen (secondary N) is 1. The third-order valence-electron chi connectivity index (χ3n) is 4.93. The number of carbonyl (C=O) groups excluding carboxylic acids is 1. The predicted molar refractivity (Wildman–Crippen MR) is 107 cm³/mol. The van der Waals surface area contributed by atoms with Gasteiger partial charge in [0.15, 0.2) is 0 Å². The first-order valence-electron chi connectivity index (χ1n) is 9.13. The third kappa shape index (κ3) is 4.83. The number of oxazole rings is 1. The minimum absolute atomic E-state index is 0.112. The number of halogens is 1. The lowest BCUT2D eigenvalue weighted by atomic mass is 9.86. The highest BCUT2D eigenvalue weighted by Gasteiger charge is 2.22. The average molecular weight is 393 g/mol. The number of nitrogens with zero attached hydrogens (tertiary/aromatic N) is 1. The molecule has 1 aliphatic rings. The molecule has 1 saturated carbocycles. The van der Waals surface area contributed by atoms with Crippen LogP contribution < -0.4 is 5.32 Å². The molecule has 2 aromatic rings. The topological polar surface area (TPSA) is 55.1 Å². The maximum absolute atomic E-state index is 12.2. The van der Waals surface area contributed by atoms with Crippen molar-refractivity contribution in [3.8, 4) is 11.5 Å². The smallest absolute Gasteiger partial charge is 0.230 e. The monoisotopic (exact) mass is 392 g/mol. The van der Waals surface area contributed by atoms with Crippen LogP contribution in [0.2, 0.25) is 5.02 Å². The fourth-order valence-electron chi connectivity index (χ4n) is 3.33. The molecule has 0 aliphatic heterocycles. The van der Waals surface area contributed by atoms with E-state index in [1.165, 1.54) is 19.3 Å². The predicted octanol–water partition coefficient (Wildman–Crippen LogP) is 5.23. The Morgan fingerprint density at radius 3 is 2.88 bits per heavy atom. The summed E-state index contributed by atoms with van der Waals surface area (Å²) in [4.78, 5) is 16.8. The summed E-state index contributed by atoms with van der Waals surface area (Å²) < 4.78 is 5.77. The molecule has 1 aliphatic carbocycles. The van der Waals surface area contributed by atoms with Crippen LogP contribution in [-0.4, -0.2) is 22.7 Å². The van der Waals surface area contributed by atoms with Gasteiger partial charge in [0.05, 0.1) is 22.0 Å². The Morgan fingerprint density at radius 1 is 1.35 bits per heavy atom. The second-order valence-electron chi connectivity index (χ2n) is 6.93. The molecule has 1 amide bonds. The van der Waals surface area contributed by atoms with E-state index < -0.39 is 0 Å². The maximum Gasteiger partial charge on any atom is 0.230 e. The summed E-state index contributed by atoms with van der Waals surface area (Å²) in [6.45, 7) is 4.12. The van der Waals surface area contributed by atoms with E-state index in [4.69, 9.17) is 16.0 Å². The number of benzene rings is 1. The van der Waals surface area contributed by atoms with Gasteiger partial charge >= 0.3 is 0 Å². The number of aromatic nitrogens is 1. The van der Waals surface area contributed by atoms with Gasteiger partial charge in [0, 0.05) is 11.8 Å². The van der Waals surface area contributed by atoms with Gasteiger partial charge in [-0.2, -0.15) is 0 Å². The summed E-state index contributed by atoms with van der Waals surface area (Å²) in [5.41, 5.74) is 1.65. The molecule has 0 radical (unpaired) electrons. The average Bonchev–Trinajstić information content (AvgIpc) is 2.98. The fraction of sp³-hybridized carbons (Fsp3) is 0.500. The van der Waals surface area contributed by atoms with Gasteiger partial charge in [-0.05, 0) is 37.8 Å². The molecule has 1 aromatic carbocycles. The van der Waals surface area contributed by atoms with Crippen LogP contribution in [0.25, 0.3) is 11.5 Å².